The number of aryl methyl sites for hydroxylation is 4. The molecule has 0 atom stereocenters. The molecule has 0 amide bonds. The first-order chi connectivity index (χ1) is 21.9. The molecule has 0 bridgehead atoms. The van der Waals surface area contributed by atoms with Crippen molar-refractivity contribution in [2.45, 2.75) is 54.4 Å². The largest absolute Gasteiger partial charge is 2.00 e. The maximum absolute atomic E-state index is 6.44. The van der Waals surface area contributed by atoms with Crippen molar-refractivity contribution in [3.63, 3.8) is 0 Å². The van der Waals surface area contributed by atoms with Crippen LogP contribution in [0.1, 0.15) is 47.5 Å². The molecule has 0 fully saturated rings. The summed E-state index contributed by atoms with van der Waals surface area (Å²) in [6.07, 6.45) is 3.54. The molecule has 3 heterocycles. The predicted octanol–water partition coefficient (Wildman–Crippen LogP) is 9.78. The molecule has 0 spiro atoms. The monoisotopic (exact) mass is 783 g/mol. The number of aromatic nitrogens is 4. The maximum atomic E-state index is 6.44. The Bertz CT molecular complexity index is 2200. The summed E-state index contributed by atoms with van der Waals surface area (Å²) < 4.78 is 10.6. The average molecular weight is 784 g/mol. The third-order valence-corrected chi connectivity index (χ3v) is 8.83. The van der Waals surface area contributed by atoms with Crippen LogP contribution in [0.4, 0.5) is 0 Å². The molecule has 46 heavy (non-hydrogen) atoms. The van der Waals surface area contributed by atoms with Gasteiger partial charge in [-0.25, -0.2) is 4.98 Å². The smallest absolute Gasteiger partial charge is 0.509 e. The zero-order valence-corrected chi connectivity index (χ0v) is 29.3. The molecule has 7 rings (SSSR count). The van der Waals surface area contributed by atoms with E-state index in [1.54, 1.807) is 0 Å². The summed E-state index contributed by atoms with van der Waals surface area (Å²) in [5, 5.41) is 7.36. The van der Waals surface area contributed by atoms with Crippen molar-refractivity contribution in [1.82, 2.24) is 19.3 Å². The third kappa shape index (κ3) is 5.47. The normalized spacial score (nSPS) is 11.3. The maximum Gasteiger partial charge on any atom is 2.00 e. The first-order valence-corrected chi connectivity index (χ1v) is 15.6. The molecular weight excluding hydrogens is 748 g/mol. The van der Waals surface area contributed by atoms with Crippen molar-refractivity contribution in [1.29, 1.82) is 0 Å². The van der Waals surface area contributed by atoms with E-state index in [4.69, 9.17) is 14.8 Å². The van der Waals surface area contributed by atoms with Crippen molar-refractivity contribution >= 4 is 21.8 Å². The van der Waals surface area contributed by atoms with Gasteiger partial charge in [0.2, 0.25) is 0 Å². The minimum absolute atomic E-state index is 0. The number of fused-ring (bicyclic) bond motifs is 3. The van der Waals surface area contributed by atoms with E-state index in [9.17, 15) is 0 Å². The molecule has 0 N–H and O–H groups in total. The van der Waals surface area contributed by atoms with Gasteiger partial charge in [0.15, 0.2) is 0 Å². The molecule has 0 saturated heterocycles. The van der Waals surface area contributed by atoms with Crippen molar-refractivity contribution in [2.75, 3.05) is 0 Å². The Morgan fingerprint density at radius 1 is 0.761 bits per heavy atom. The van der Waals surface area contributed by atoms with Crippen LogP contribution in [0, 0.1) is 39.8 Å². The zero-order valence-electron chi connectivity index (χ0n) is 27.0. The SMILES string of the molecule is CCc1nn(-c2[c-]c(Oc3[c-]c4c(cc3)c3ccccc3n4-c3cc(C)ccn3)ccc2)c(CC)c1-c1cc(C)c(C)c(C)c1.[Pt+2]. The van der Waals surface area contributed by atoms with Crippen LogP contribution in [0.2, 0.25) is 0 Å². The van der Waals surface area contributed by atoms with Gasteiger partial charge in [-0.05, 0) is 97.6 Å². The van der Waals surface area contributed by atoms with E-state index < -0.39 is 0 Å². The average Bonchev–Trinajstić information content (AvgIpc) is 3.59. The van der Waals surface area contributed by atoms with E-state index in [1.165, 1.54) is 33.5 Å². The van der Waals surface area contributed by atoms with E-state index in [1.807, 2.05) is 41.2 Å². The van der Waals surface area contributed by atoms with Crippen molar-refractivity contribution in [2.24, 2.45) is 0 Å². The summed E-state index contributed by atoms with van der Waals surface area (Å²) in [6.45, 7) is 13.0. The Balaban J connectivity index is 0.00000372. The van der Waals surface area contributed by atoms with E-state index in [-0.39, 0.29) is 21.1 Å². The topological polar surface area (TPSA) is 44.9 Å². The van der Waals surface area contributed by atoms with E-state index in [0.29, 0.717) is 11.5 Å². The minimum atomic E-state index is 0. The number of benzene rings is 4. The standard InChI is InChI=1S/C40H36N4O.Pt/c1-7-35-40(29-21-26(4)28(6)27(5)22-29)36(8-2)44(42-35)30-12-11-13-31(23-30)45-32-16-17-34-33-14-9-10-15-37(33)43(38(34)24-32)39-20-25(3)18-19-41-39;/h9-22H,7-8H2,1-6H3;/q-2;+2. The van der Waals surface area contributed by atoms with Gasteiger partial charge < -0.3 is 9.30 Å². The van der Waals surface area contributed by atoms with Gasteiger partial charge in [-0.2, -0.15) is 17.2 Å². The molecule has 0 saturated carbocycles. The molecule has 3 aromatic heterocycles. The molecule has 5 nitrogen and oxygen atoms in total. The minimum Gasteiger partial charge on any atom is -0.509 e. The number of hydrogen-bond donors (Lipinski definition) is 0. The Morgan fingerprint density at radius 2 is 1.52 bits per heavy atom. The van der Waals surface area contributed by atoms with Gasteiger partial charge in [0, 0.05) is 34.5 Å². The fourth-order valence-electron chi connectivity index (χ4n) is 6.34. The van der Waals surface area contributed by atoms with Gasteiger partial charge in [0.25, 0.3) is 0 Å². The summed E-state index contributed by atoms with van der Waals surface area (Å²) in [6, 6.07) is 34.2. The van der Waals surface area contributed by atoms with E-state index >= 15 is 0 Å². The first kappa shape index (κ1) is 31.5. The van der Waals surface area contributed by atoms with Crippen LogP contribution in [-0.2, 0) is 33.9 Å². The Labute approximate surface area is 285 Å². The fraction of sp³-hybridized carbons (Fsp3) is 0.200. The van der Waals surface area contributed by atoms with Crippen LogP contribution in [0.5, 0.6) is 11.5 Å². The van der Waals surface area contributed by atoms with Gasteiger partial charge in [-0.15, -0.1) is 35.7 Å². The van der Waals surface area contributed by atoms with Crippen LogP contribution in [0.3, 0.4) is 0 Å². The second-order valence-corrected chi connectivity index (χ2v) is 11.8. The van der Waals surface area contributed by atoms with Crippen molar-refractivity contribution in [3.8, 4) is 34.1 Å². The molecule has 0 aliphatic rings. The molecule has 6 heteroatoms. The van der Waals surface area contributed by atoms with Crippen LogP contribution >= 0.6 is 0 Å². The zero-order chi connectivity index (χ0) is 31.2. The Hall–Kier alpha value is -4.47. The fourth-order valence-corrected chi connectivity index (χ4v) is 6.34. The van der Waals surface area contributed by atoms with E-state index in [0.717, 1.165) is 57.4 Å². The summed E-state index contributed by atoms with van der Waals surface area (Å²) in [4.78, 5) is 4.70. The van der Waals surface area contributed by atoms with Crippen molar-refractivity contribution in [3.05, 3.63) is 131 Å². The van der Waals surface area contributed by atoms with Gasteiger partial charge in [-0.3, -0.25) is 4.68 Å². The first-order valence-electron chi connectivity index (χ1n) is 15.6. The molecule has 0 aliphatic heterocycles. The number of rotatable bonds is 7. The number of para-hydroxylation sites is 1. The predicted molar refractivity (Wildman–Crippen MR) is 183 cm³/mol. The van der Waals surface area contributed by atoms with Gasteiger partial charge in [0.1, 0.15) is 5.82 Å². The molecule has 232 valence electrons. The molecule has 7 aromatic rings. The van der Waals surface area contributed by atoms with Gasteiger partial charge >= 0.3 is 21.1 Å². The van der Waals surface area contributed by atoms with Gasteiger partial charge in [0.05, 0.1) is 5.69 Å². The number of pyridine rings is 1. The summed E-state index contributed by atoms with van der Waals surface area (Å²) >= 11 is 0. The van der Waals surface area contributed by atoms with E-state index in [2.05, 4.69) is 107 Å². The summed E-state index contributed by atoms with van der Waals surface area (Å²) in [5.41, 5.74) is 12.7. The Kier molecular flexibility index (Phi) is 8.72. The molecular formula is C40H36N4OPt. The number of hydrogen-bond acceptors (Lipinski definition) is 3. The number of nitrogens with zero attached hydrogens (tertiary/aromatic N) is 4. The number of ether oxygens (including phenoxy) is 1. The third-order valence-electron chi connectivity index (χ3n) is 8.83. The molecule has 4 aromatic carbocycles. The summed E-state index contributed by atoms with van der Waals surface area (Å²) in [7, 11) is 0. The molecule has 0 radical (unpaired) electrons. The molecule has 0 unspecified atom stereocenters. The molecule has 0 aliphatic carbocycles. The second-order valence-electron chi connectivity index (χ2n) is 11.8. The van der Waals surface area contributed by atoms with Crippen LogP contribution in [-0.4, -0.2) is 19.3 Å². The second kappa shape index (κ2) is 12.7. The van der Waals surface area contributed by atoms with Crippen LogP contribution in [0.15, 0.2) is 85.1 Å². The quantitative estimate of drug-likeness (QED) is 0.151. The van der Waals surface area contributed by atoms with Crippen LogP contribution in [0.25, 0.3) is 44.4 Å². The van der Waals surface area contributed by atoms with Gasteiger partial charge in [-0.1, -0.05) is 49.7 Å². The van der Waals surface area contributed by atoms with Crippen molar-refractivity contribution < 1.29 is 25.8 Å². The Morgan fingerprint density at radius 3 is 2.26 bits per heavy atom. The summed E-state index contributed by atoms with van der Waals surface area (Å²) in [5.74, 6) is 2.08. The van der Waals surface area contributed by atoms with Crippen LogP contribution < -0.4 is 4.74 Å².